The molecule has 4 bridgehead atoms. The lowest BCUT2D eigenvalue weighted by atomic mass is 9.91. The third-order valence-electron chi connectivity index (χ3n) is 3.64. The Labute approximate surface area is 86.0 Å². The summed E-state index contributed by atoms with van der Waals surface area (Å²) in [5.74, 6) is 2.27. The van der Waals surface area contributed by atoms with Gasteiger partial charge in [0.05, 0.1) is 6.61 Å². The molecule has 0 aromatic heterocycles. The van der Waals surface area contributed by atoms with Gasteiger partial charge in [0.25, 0.3) is 0 Å². The summed E-state index contributed by atoms with van der Waals surface area (Å²) in [6.45, 7) is 1.56. The molecule has 1 saturated heterocycles. The molecule has 77 valence electrons. The molecular weight excluding hydrogens is 196 g/mol. The molecule has 14 heavy (non-hydrogen) atoms. The first-order valence-corrected chi connectivity index (χ1v) is 6.46. The van der Waals surface area contributed by atoms with E-state index in [-0.39, 0.29) is 0 Å². The van der Waals surface area contributed by atoms with Crippen molar-refractivity contribution >= 4 is 9.53 Å². The Morgan fingerprint density at radius 2 is 2.36 bits per heavy atom. The van der Waals surface area contributed by atoms with Gasteiger partial charge in [0.15, 0.2) is 0 Å². The highest BCUT2D eigenvalue weighted by Crippen LogP contribution is 2.48. The molecule has 0 spiro atoms. The second-order valence-electron chi connectivity index (χ2n) is 4.39. The van der Waals surface area contributed by atoms with Gasteiger partial charge in [0, 0.05) is 13.7 Å². The molecule has 1 saturated carbocycles. The van der Waals surface area contributed by atoms with Crippen molar-refractivity contribution in [3.8, 4) is 0 Å². The first kappa shape index (κ1) is 9.09. The fraction of sp³-hybridized carbons (Fsp3) is 0.800. The predicted molar refractivity (Wildman–Crippen MR) is 52.5 cm³/mol. The van der Waals surface area contributed by atoms with Crippen LogP contribution in [-0.4, -0.2) is 29.9 Å². The molecule has 0 aromatic rings. The molecule has 0 N–H and O–H groups in total. The maximum Gasteiger partial charge on any atom is 0.577 e. The van der Waals surface area contributed by atoms with Crippen molar-refractivity contribution in [2.24, 2.45) is 17.8 Å². The number of allylic oxidation sites excluding steroid dienone is 1. The molecule has 0 amide bonds. The van der Waals surface area contributed by atoms with Gasteiger partial charge in [-0.05, 0) is 36.2 Å². The van der Waals surface area contributed by atoms with E-state index >= 15 is 0 Å². The Morgan fingerprint density at radius 3 is 3.07 bits per heavy atom. The van der Waals surface area contributed by atoms with Crippen molar-refractivity contribution < 1.29 is 13.3 Å². The van der Waals surface area contributed by atoms with E-state index in [1.54, 1.807) is 7.11 Å². The summed E-state index contributed by atoms with van der Waals surface area (Å²) >= 11 is 0. The lowest BCUT2D eigenvalue weighted by molar-refractivity contribution is 0.105. The molecule has 1 radical (unpaired) electrons. The Morgan fingerprint density at radius 1 is 1.43 bits per heavy atom. The van der Waals surface area contributed by atoms with E-state index < -0.39 is 9.53 Å². The Balaban J connectivity index is 1.78. The highest BCUT2D eigenvalue weighted by Gasteiger charge is 2.42. The maximum absolute atomic E-state index is 5.66. The molecule has 3 nitrogen and oxygen atoms in total. The molecule has 0 aromatic carbocycles. The topological polar surface area (TPSA) is 27.7 Å². The molecule has 4 rings (SSSR count). The molecule has 4 aliphatic rings. The normalized spacial score (nSPS) is 42.1. The van der Waals surface area contributed by atoms with Crippen LogP contribution >= 0.6 is 0 Å². The predicted octanol–water partition coefficient (Wildman–Crippen LogP) is 1.25. The van der Waals surface area contributed by atoms with Crippen LogP contribution in [0.25, 0.3) is 0 Å². The third kappa shape index (κ3) is 1.37. The third-order valence-corrected chi connectivity index (χ3v) is 4.76. The molecular formula is C10H15O3Si. The number of fused-ring (bicyclic) bond motifs is 4. The summed E-state index contributed by atoms with van der Waals surface area (Å²) in [5, 5.41) is 0. The van der Waals surface area contributed by atoms with Gasteiger partial charge in [0.1, 0.15) is 0 Å². The van der Waals surface area contributed by atoms with Crippen LogP contribution in [-0.2, 0) is 13.3 Å². The van der Waals surface area contributed by atoms with Crippen LogP contribution in [0, 0.1) is 17.8 Å². The monoisotopic (exact) mass is 211 g/mol. The fourth-order valence-electron chi connectivity index (χ4n) is 2.91. The molecule has 2 aliphatic carbocycles. The first-order chi connectivity index (χ1) is 6.86. The average Bonchev–Trinajstić information content (AvgIpc) is 2.77. The summed E-state index contributed by atoms with van der Waals surface area (Å²) in [6, 6.07) is 0. The minimum atomic E-state index is -1.44. The van der Waals surface area contributed by atoms with E-state index in [9.17, 15) is 0 Å². The zero-order chi connectivity index (χ0) is 9.54. The van der Waals surface area contributed by atoms with E-state index in [4.69, 9.17) is 13.3 Å². The summed E-state index contributed by atoms with van der Waals surface area (Å²) < 4.78 is 16.5. The summed E-state index contributed by atoms with van der Waals surface area (Å²) in [6.07, 6.45) is 5.06. The van der Waals surface area contributed by atoms with Crippen molar-refractivity contribution in [3.05, 3.63) is 11.6 Å². The smallest absolute Gasteiger partial charge is 0.375 e. The Hall–Kier alpha value is -0.163. The van der Waals surface area contributed by atoms with Gasteiger partial charge in [-0.2, -0.15) is 0 Å². The van der Waals surface area contributed by atoms with Crippen molar-refractivity contribution in [3.63, 3.8) is 0 Å². The molecule has 4 heteroatoms. The maximum atomic E-state index is 5.66. The highest BCUT2D eigenvalue weighted by atomic mass is 28.3. The van der Waals surface area contributed by atoms with E-state index in [0.717, 1.165) is 31.0 Å². The highest BCUT2D eigenvalue weighted by molar-refractivity contribution is 6.36. The van der Waals surface area contributed by atoms with E-state index in [0.29, 0.717) is 0 Å². The number of rotatable bonds is 1. The van der Waals surface area contributed by atoms with Crippen molar-refractivity contribution in [1.82, 2.24) is 0 Å². The zero-order valence-corrected chi connectivity index (χ0v) is 9.36. The summed E-state index contributed by atoms with van der Waals surface area (Å²) in [7, 11) is 0.232. The van der Waals surface area contributed by atoms with Crippen LogP contribution < -0.4 is 0 Å². The summed E-state index contributed by atoms with van der Waals surface area (Å²) in [5.41, 5.74) is 1.50. The van der Waals surface area contributed by atoms with Crippen molar-refractivity contribution in [2.75, 3.05) is 20.3 Å². The van der Waals surface area contributed by atoms with Crippen molar-refractivity contribution in [1.29, 1.82) is 0 Å². The van der Waals surface area contributed by atoms with Crippen LogP contribution in [0.2, 0.25) is 0 Å². The lowest BCUT2D eigenvalue weighted by Crippen LogP contribution is -2.28. The molecule has 2 heterocycles. The van der Waals surface area contributed by atoms with Gasteiger partial charge in [0.2, 0.25) is 0 Å². The minimum absolute atomic E-state index is 0.723. The van der Waals surface area contributed by atoms with Crippen LogP contribution in [0.15, 0.2) is 11.6 Å². The van der Waals surface area contributed by atoms with Gasteiger partial charge >= 0.3 is 9.53 Å². The minimum Gasteiger partial charge on any atom is -0.375 e. The average molecular weight is 211 g/mol. The second-order valence-corrected chi connectivity index (χ2v) is 5.87. The zero-order valence-electron chi connectivity index (χ0n) is 8.36. The SMILES string of the molecule is CO[Si]1OCC2=CC3CC2CC3CO1. The molecule has 3 atom stereocenters. The largest absolute Gasteiger partial charge is 0.577 e. The van der Waals surface area contributed by atoms with E-state index in [1.807, 2.05) is 0 Å². The van der Waals surface area contributed by atoms with E-state index in [1.165, 1.54) is 18.4 Å². The molecule has 2 fully saturated rings. The number of hydrogen-bond donors (Lipinski definition) is 0. The first-order valence-electron chi connectivity index (χ1n) is 5.24. The molecule has 2 aliphatic heterocycles. The van der Waals surface area contributed by atoms with Gasteiger partial charge in [-0.25, -0.2) is 0 Å². The van der Waals surface area contributed by atoms with Crippen LogP contribution in [0.4, 0.5) is 0 Å². The van der Waals surface area contributed by atoms with Gasteiger partial charge in [-0.1, -0.05) is 6.08 Å². The number of hydrogen-bond acceptors (Lipinski definition) is 3. The standard InChI is InChI=1S/C10H15O3Si/c1-11-14-12-5-9-3-7-2-8(9)4-10(7)6-13-14/h3,7-8,10H,2,4-6H2,1H3. The Bertz CT molecular complexity index is 266. The van der Waals surface area contributed by atoms with Gasteiger partial charge < -0.3 is 13.3 Å². The quantitative estimate of drug-likeness (QED) is 0.482. The van der Waals surface area contributed by atoms with Crippen LogP contribution in [0.3, 0.4) is 0 Å². The van der Waals surface area contributed by atoms with Gasteiger partial charge in [-0.15, -0.1) is 0 Å². The van der Waals surface area contributed by atoms with Crippen LogP contribution in [0.5, 0.6) is 0 Å². The van der Waals surface area contributed by atoms with E-state index in [2.05, 4.69) is 6.08 Å². The Kier molecular flexibility index (Phi) is 2.24. The summed E-state index contributed by atoms with van der Waals surface area (Å²) in [4.78, 5) is 0. The van der Waals surface area contributed by atoms with Crippen LogP contribution in [0.1, 0.15) is 12.8 Å². The fourth-order valence-corrected chi connectivity index (χ4v) is 3.86. The molecule has 3 unspecified atom stereocenters. The van der Waals surface area contributed by atoms with Crippen molar-refractivity contribution in [2.45, 2.75) is 12.8 Å². The second kappa shape index (κ2) is 3.45. The van der Waals surface area contributed by atoms with Gasteiger partial charge in [-0.3, -0.25) is 0 Å². The lowest BCUT2D eigenvalue weighted by Gasteiger charge is -2.18.